The number of nitrogens with zero attached hydrogens (tertiary/aromatic N) is 1. The number of amides is 3. The average molecular weight is 320 g/mol. The SMILES string of the molecule is CCC(CC)C(=O)Nc1ccc(CN2C(=O)CSC2=O)cc1. The molecule has 0 aliphatic carbocycles. The first kappa shape index (κ1) is 16.5. The Labute approximate surface area is 134 Å². The van der Waals surface area contributed by atoms with Gasteiger partial charge in [-0.3, -0.25) is 19.3 Å². The molecule has 1 aliphatic rings. The minimum atomic E-state index is -0.198. The van der Waals surface area contributed by atoms with Crippen molar-refractivity contribution in [2.75, 3.05) is 11.1 Å². The Balaban J connectivity index is 1.97. The summed E-state index contributed by atoms with van der Waals surface area (Å²) < 4.78 is 0. The molecule has 1 aromatic carbocycles. The van der Waals surface area contributed by atoms with E-state index in [0.29, 0.717) is 0 Å². The lowest BCUT2D eigenvalue weighted by atomic mass is 10.0. The summed E-state index contributed by atoms with van der Waals surface area (Å²) in [5.74, 6) is 0.124. The van der Waals surface area contributed by atoms with Gasteiger partial charge in [0.1, 0.15) is 0 Å². The zero-order valence-corrected chi connectivity index (χ0v) is 13.6. The molecule has 3 amide bonds. The first-order valence-electron chi connectivity index (χ1n) is 7.42. The van der Waals surface area contributed by atoms with Gasteiger partial charge in [-0.1, -0.05) is 37.7 Å². The largest absolute Gasteiger partial charge is 0.326 e. The number of hydrogen-bond acceptors (Lipinski definition) is 4. The summed E-state index contributed by atoms with van der Waals surface area (Å²) in [5, 5.41) is 2.69. The Bertz CT molecular complexity index is 551. The highest BCUT2D eigenvalue weighted by Gasteiger charge is 2.29. The van der Waals surface area contributed by atoms with E-state index in [0.717, 1.165) is 35.9 Å². The Morgan fingerprint density at radius 1 is 1.23 bits per heavy atom. The van der Waals surface area contributed by atoms with E-state index in [-0.39, 0.29) is 35.3 Å². The van der Waals surface area contributed by atoms with Crippen molar-refractivity contribution < 1.29 is 14.4 Å². The quantitative estimate of drug-likeness (QED) is 0.873. The molecule has 2 rings (SSSR count). The van der Waals surface area contributed by atoms with Crippen LogP contribution in [0.4, 0.5) is 10.5 Å². The molecule has 118 valence electrons. The van der Waals surface area contributed by atoms with Crippen molar-refractivity contribution in [1.29, 1.82) is 0 Å². The molecule has 0 saturated carbocycles. The molecule has 0 bridgehead atoms. The van der Waals surface area contributed by atoms with E-state index < -0.39 is 0 Å². The Morgan fingerprint density at radius 2 is 1.86 bits per heavy atom. The van der Waals surface area contributed by atoms with Crippen molar-refractivity contribution in [2.24, 2.45) is 5.92 Å². The molecular formula is C16H20N2O3S. The number of imide groups is 1. The standard InChI is InChI=1S/C16H20N2O3S/c1-3-12(4-2)15(20)17-13-7-5-11(6-8-13)9-18-14(19)10-22-16(18)21/h5-8,12H,3-4,9-10H2,1-2H3,(H,17,20). The van der Waals surface area contributed by atoms with Gasteiger partial charge in [0.2, 0.25) is 11.8 Å². The zero-order valence-electron chi connectivity index (χ0n) is 12.8. The molecule has 1 N–H and O–H groups in total. The smallest absolute Gasteiger partial charge is 0.289 e. The number of hydrogen-bond donors (Lipinski definition) is 1. The number of carbonyl (C=O) groups is 3. The van der Waals surface area contributed by atoms with Crippen LogP contribution >= 0.6 is 11.8 Å². The predicted molar refractivity (Wildman–Crippen MR) is 87.5 cm³/mol. The Kier molecular flexibility index (Phi) is 5.60. The van der Waals surface area contributed by atoms with Crippen LogP contribution in [0.2, 0.25) is 0 Å². The molecule has 1 heterocycles. The van der Waals surface area contributed by atoms with Gasteiger partial charge in [0.25, 0.3) is 5.24 Å². The maximum absolute atomic E-state index is 12.0. The lowest BCUT2D eigenvalue weighted by molar-refractivity contribution is -0.125. The van der Waals surface area contributed by atoms with Gasteiger partial charge in [0, 0.05) is 11.6 Å². The molecule has 0 spiro atoms. The molecular weight excluding hydrogens is 300 g/mol. The number of carbonyl (C=O) groups excluding carboxylic acids is 3. The van der Waals surface area contributed by atoms with Crippen molar-refractivity contribution in [1.82, 2.24) is 4.90 Å². The number of nitrogens with one attached hydrogen (secondary N) is 1. The molecule has 0 radical (unpaired) electrons. The van der Waals surface area contributed by atoms with Crippen LogP contribution in [0.5, 0.6) is 0 Å². The maximum Gasteiger partial charge on any atom is 0.289 e. The van der Waals surface area contributed by atoms with Gasteiger partial charge in [-0.25, -0.2) is 0 Å². The molecule has 1 aliphatic heterocycles. The number of rotatable bonds is 6. The van der Waals surface area contributed by atoms with E-state index in [1.165, 1.54) is 4.90 Å². The highest BCUT2D eigenvalue weighted by atomic mass is 32.2. The van der Waals surface area contributed by atoms with Gasteiger partial charge in [0.05, 0.1) is 12.3 Å². The van der Waals surface area contributed by atoms with Crippen LogP contribution in [0.3, 0.4) is 0 Å². The number of benzene rings is 1. The minimum Gasteiger partial charge on any atom is -0.326 e. The monoisotopic (exact) mass is 320 g/mol. The van der Waals surface area contributed by atoms with Crippen molar-refractivity contribution in [3.05, 3.63) is 29.8 Å². The van der Waals surface area contributed by atoms with Crippen LogP contribution in [0, 0.1) is 5.92 Å². The van der Waals surface area contributed by atoms with Gasteiger partial charge in [-0.15, -0.1) is 0 Å². The first-order chi connectivity index (χ1) is 10.5. The minimum absolute atomic E-state index is 0.0246. The fraction of sp³-hybridized carbons (Fsp3) is 0.438. The third-order valence-electron chi connectivity index (χ3n) is 3.76. The van der Waals surface area contributed by atoms with Crippen LogP contribution in [0.1, 0.15) is 32.3 Å². The van der Waals surface area contributed by atoms with Gasteiger partial charge < -0.3 is 5.32 Å². The molecule has 1 fully saturated rings. The predicted octanol–water partition coefficient (Wildman–Crippen LogP) is 3.26. The third kappa shape index (κ3) is 3.88. The van der Waals surface area contributed by atoms with E-state index in [2.05, 4.69) is 5.32 Å². The highest BCUT2D eigenvalue weighted by molar-refractivity contribution is 8.14. The van der Waals surface area contributed by atoms with Crippen LogP contribution in [-0.4, -0.2) is 27.7 Å². The van der Waals surface area contributed by atoms with E-state index in [1.807, 2.05) is 26.0 Å². The Morgan fingerprint density at radius 3 is 2.36 bits per heavy atom. The summed E-state index contributed by atoms with van der Waals surface area (Å²) >= 11 is 1.03. The summed E-state index contributed by atoms with van der Waals surface area (Å²) in [6, 6.07) is 7.25. The van der Waals surface area contributed by atoms with Gasteiger partial charge in [0.15, 0.2) is 0 Å². The lowest BCUT2D eigenvalue weighted by Gasteiger charge is -2.15. The fourth-order valence-electron chi connectivity index (χ4n) is 2.31. The van der Waals surface area contributed by atoms with Crippen molar-refractivity contribution in [3.63, 3.8) is 0 Å². The van der Waals surface area contributed by atoms with Crippen LogP contribution in [0.15, 0.2) is 24.3 Å². The summed E-state index contributed by atoms with van der Waals surface area (Å²) in [6.45, 7) is 4.28. The molecule has 0 unspecified atom stereocenters. The first-order valence-corrected chi connectivity index (χ1v) is 8.40. The van der Waals surface area contributed by atoms with E-state index in [4.69, 9.17) is 0 Å². The molecule has 22 heavy (non-hydrogen) atoms. The fourth-order valence-corrected chi connectivity index (χ4v) is 3.04. The van der Waals surface area contributed by atoms with Crippen LogP contribution < -0.4 is 5.32 Å². The summed E-state index contributed by atoms with van der Waals surface area (Å²) in [5.41, 5.74) is 1.60. The zero-order chi connectivity index (χ0) is 16.1. The second-order valence-electron chi connectivity index (χ2n) is 5.23. The van der Waals surface area contributed by atoms with Crippen molar-refractivity contribution in [3.8, 4) is 0 Å². The number of anilines is 1. The average Bonchev–Trinajstić information content (AvgIpc) is 2.82. The molecule has 6 heteroatoms. The second kappa shape index (κ2) is 7.45. The summed E-state index contributed by atoms with van der Waals surface area (Å²) in [4.78, 5) is 36.4. The molecule has 0 atom stereocenters. The third-order valence-corrected chi connectivity index (χ3v) is 4.62. The second-order valence-corrected chi connectivity index (χ2v) is 6.16. The lowest BCUT2D eigenvalue weighted by Crippen LogP contribution is -2.27. The van der Waals surface area contributed by atoms with E-state index >= 15 is 0 Å². The van der Waals surface area contributed by atoms with Crippen LogP contribution in [0.25, 0.3) is 0 Å². The highest BCUT2D eigenvalue weighted by Crippen LogP contribution is 2.22. The maximum atomic E-state index is 12.0. The van der Waals surface area contributed by atoms with Gasteiger partial charge in [-0.05, 0) is 30.5 Å². The molecule has 1 saturated heterocycles. The van der Waals surface area contributed by atoms with Crippen LogP contribution in [-0.2, 0) is 16.1 Å². The summed E-state index contributed by atoms with van der Waals surface area (Å²) in [7, 11) is 0. The molecule has 5 nitrogen and oxygen atoms in total. The van der Waals surface area contributed by atoms with Crippen molar-refractivity contribution >= 4 is 34.5 Å². The summed E-state index contributed by atoms with van der Waals surface area (Å²) in [6.07, 6.45) is 1.63. The Hall–Kier alpha value is -1.82. The number of thioether (sulfide) groups is 1. The topological polar surface area (TPSA) is 66.5 Å². The normalized spacial score (nSPS) is 14.8. The van der Waals surface area contributed by atoms with Gasteiger partial charge in [-0.2, -0.15) is 0 Å². The molecule has 0 aromatic heterocycles. The molecule has 1 aromatic rings. The van der Waals surface area contributed by atoms with Gasteiger partial charge >= 0.3 is 0 Å². The van der Waals surface area contributed by atoms with E-state index in [9.17, 15) is 14.4 Å². The van der Waals surface area contributed by atoms with Crippen molar-refractivity contribution in [2.45, 2.75) is 33.2 Å². The van der Waals surface area contributed by atoms with E-state index in [1.54, 1.807) is 12.1 Å².